The van der Waals surface area contributed by atoms with Crippen molar-refractivity contribution in [3.63, 3.8) is 0 Å². The topological polar surface area (TPSA) is 33.7 Å². The van der Waals surface area contributed by atoms with Gasteiger partial charge >= 0.3 is 0 Å². The molecule has 21 heavy (non-hydrogen) atoms. The van der Waals surface area contributed by atoms with Gasteiger partial charge in [-0.15, -0.1) is 0 Å². The monoisotopic (exact) mass is 294 g/mol. The number of ether oxygens (including phenoxy) is 2. The molecule has 0 aliphatic carbocycles. The fourth-order valence-corrected chi connectivity index (χ4v) is 2.12. The highest BCUT2D eigenvalue weighted by molar-refractivity contribution is 5.27. The van der Waals surface area contributed by atoms with Gasteiger partial charge in [-0.25, -0.2) is 0 Å². The molecule has 0 aliphatic rings. The number of hydrogen-bond donors (Lipinski definition) is 1. The molecule has 0 saturated heterocycles. The molecule has 0 spiro atoms. The summed E-state index contributed by atoms with van der Waals surface area (Å²) < 4.78 is 10.8. The van der Waals surface area contributed by atoms with Crippen molar-refractivity contribution in [1.82, 2.24) is 10.2 Å². The second kappa shape index (κ2) is 11.5. The highest BCUT2D eigenvalue weighted by Gasteiger charge is 1.98. The molecule has 0 saturated carbocycles. The quantitative estimate of drug-likeness (QED) is 0.599. The number of hydrogen-bond acceptors (Lipinski definition) is 4. The van der Waals surface area contributed by atoms with Gasteiger partial charge in [0.25, 0.3) is 0 Å². The minimum absolute atomic E-state index is 0.704. The van der Waals surface area contributed by atoms with Crippen molar-refractivity contribution in [2.75, 3.05) is 53.0 Å². The Kier molecular flexibility index (Phi) is 9.87. The number of benzene rings is 1. The van der Waals surface area contributed by atoms with E-state index in [0.29, 0.717) is 6.61 Å². The lowest BCUT2D eigenvalue weighted by atomic mass is 10.1. The van der Waals surface area contributed by atoms with Gasteiger partial charge in [-0.3, -0.25) is 0 Å². The van der Waals surface area contributed by atoms with Crippen LogP contribution in [0.5, 0.6) is 5.75 Å². The summed E-state index contributed by atoms with van der Waals surface area (Å²) in [5.41, 5.74) is 1.28. The lowest BCUT2D eigenvalue weighted by Crippen LogP contribution is -2.33. The molecule has 1 aromatic rings. The Hall–Kier alpha value is -1.10. The summed E-state index contributed by atoms with van der Waals surface area (Å²) in [5, 5.41) is 3.41. The number of nitrogens with one attached hydrogen (secondary N) is 1. The number of nitrogens with zero attached hydrogens (tertiary/aromatic N) is 1. The Bertz CT molecular complexity index is 350. The number of likely N-dealkylation sites (N-methyl/N-ethyl adjacent to an activating group) is 1. The van der Waals surface area contributed by atoms with Gasteiger partial charge in [0.2, 0.25) is 0 Å². The van der Waals surface area contributed by atoms with E-state index in [1.807, 2.05) is 12.1 Å². The lowest BCUT2D eigenvalue weighted by molar-refractivity contribution is 0.202. The van der Waals surface area contributed by atoms with E-state index in [-0.39, 0.29) is 0 Å². The van der Waals surface area contributed by atoms with Crippen LogP contribution in [0.2, 0.25) is 0 Å². The van der Waals surface area contributed by atoms with E-state index in [1.54, 1.807) is 7.11 Å². The summed E-state index contributed by atoms with van der Waals surface area (Å²) in [6.07, 6.45) is 0.948. The summed E-state index contributed by atoms with van der Waals surface area (Å²) in [4.78, 5) is 2.41. The van der Waals surface area contributed by atoms with E-state index < -0.39 is 0 Å². The van der Waals surface area contributed by atoms with Crippen molar-refractivity contribution in [2.24, 2.45) is 0 Å². The fourth-order valence-electron chi connectivity index (χ4n) is 2.12. The van der Waals surface area contributed by atoms with E-state index in [9.17, 15) is 0 Å². The molecule has 0 bridgehead atoms. The van der Waals surface area contributed by atoms with Crippen LogP contribution >= 0.6 is 0 Å². The first-order chi connectivity index (χ1) is 10.3. The normalized spacial score (nSPS) is 11.0. The van der Waals surface area contributed by atoms with Crippen molar-refractivity contribution < 1.29 is 9.47 Å². The largest absolute Gasteiger partial charge is 0.492 e. The first-order valence-corrected chi connectivity index (χ1v) is 7.93. The van der Waals surface area contributed by atoms with Crippen LogP contribution in [-0.2, 0) is 11.2 Å². The standard InChI is InChI=1S/C17H30N2O2/c1-4-19(5-2)13-11-18-12-15-21-17-8-6-16(7-9-17)10-14-20-3/h6-9,18H,4-5,10-15H2,1-3H3. The average molecular weight is 294 g/mol. The molecule has 1 rings (SSSR count). The Labute approximate surface area is 129 Å². The highest BCUT2D eigenvalue weighted by Crippen LogP contribution is 2.12. The van der Waals surface area contributed by atoms with Crippen molar-refractivity contribution >= 4 is 0 Å². The molecular formula is C17H30N2O2. The Morgan fingerprint density at radius 2 is 1.71 bits per heavy atom. The molecule has 4 heteroatoms. The second-order valence-corrected chi connectivity index (χ2v) is 5.01. The van der Waals surface area contributed by atoms with Crippen LogP contribution < -0.4 is 10.1 Å². The first kappa shape index (κ1) is 18.0. The molecule has 1 N–H and O–H groups in total. The van der Waals surface area contributed by atoms with Crippen molar-refractivity contribution in [3.8, 4) is 5.75 Å². The molecule has 120 valence electrons. The van der Waals surface area contributed by atoms with Crippen LogP contribution in [0.3, 0.4) is 0 Å². The number of rotatable bonds is 12. The average Bonchev–Trinajstić information content (AvgIpc) is 2.53. The van der Waals surface area contributed by atoms with Crippen LogP contribution in [0, 0.1) is 0 Å². The van der Waals surface area contributed by atoms with Gasteiger partial charge in [-0.05, 0) is 37.2 Å². The maximum absolute atomic E-state index is 5.72. The van der Waals surface area contributed by atoms with Gasteiger partial charge in [0.1, 0.15) is 12.4 Å². The van der Waals surface area contributed by atoms with Gasteiger partial charge < -0.3 is 19.7 Å². The molecule has 0 unspecified atom stereocenters. The predicted molar refractivity (Wildman–Crippen MR) is 88.2 cm³/mol. The third-order valence-electron chi connectivity index (χ3n) is 3.57. The molecule has 4 nitrogen and oxygen atoms in total. The summed E-state index contributed by atoms with van der Waals surface area (Å²) in [7, 11) is 1.73. The van der Waals surface area contributed by atoms with Crippen molar-refractivity contribution in [1.29, 1.82) is 0 Å². The molecule has 0 aromatic heterocycles. The molecule has 0 aliphatic heterocycles. The number of methoxy groups -OCH3 is 1. The maximum Gasteiger partial charge on any atom is 0.119 e. The Morgan fingerprint density at radius 1 is 1.00 bits per heavy atom. The van der Waals surface area contributed by atoms with Crippen LogP contribution in [0.15, 0.2) is 24.3 Å². The summed E-state index contributed by atoms with van der Waals surface area (Å²) in [5.74, 6) is 0.932. The van der Waals surface area contributed by atoms with Crippen LogP contribution in [0.25, 0.3) is 0 Å². The predicted octanol–water partition coefficient (Wildman–Crippen LogP) is 2.19. The van der Waals surface area contributed by atoms with E-state index >= 15 is 0 Å². The molecule has 0 amide bonds. The third-order valence-corrected chi connectivity index (χ3v) is 3.57. The minimum Gasteiger partial charge on any atom is -0.492 e. The molecule has 0 radical (unpaired) electrons. The molecule has 0 atom stereocenters. The minimum atomic E-state index is 0.704. The second-order valence-electron chi connectivity index (χ2n) is 5.01. The van der Waals surface area contributed by atoms with Crippen LogP contribution in [-0.4, -0.2) is 57.9 Å². The summed E-state index contributed by atoms with van der Waals surface area (Å²) in [6, 6.07) is 8.26. The van der Waals surface area contributed by atoms with E-state index in [0.717, 1.165) is 51.5 Å². The van der Waals surface area contributed by atoms with E-state index in [4.69, 9.17) is 9.47 Å². The van der Waals surface area contributed by atoms with E-state index in [2.05, 4.69) is 36.2 Å². The fraction of sp³-hybridized carbons (Fsp3) is 0.647. The lowest BCUT2D eigenvalue weighted by Gasteiger charge is -2.18. The van der Waals surface area contributed by atoms with E-state index in [1.165, 1.54) is 5.56 Å². The Morgan fingerprint density at radius 3 is 2.33 bits per heavy atom. The van der Waals surface area contributed by atoms with Crippen LogP contribution in [0.1, 0.15) is 19.4 Å². The van der Waals surface area contributed by atoms with Gasteiger partial charge in [-0.1, -0.05) is 26.0 Å². The van der Waals surface area contributed by atoms with Gasteiger partial charge in [0.05, 0.1) is 6.61 Å². The van der Waals surface area contributed by atoms with Gasteiger partial charge in [-0.2, -0.15) is 0 Å². The van der Waals surface area contributed by atoms with Crippen molar-refractivity contribution in [2.45, 2.75) is 20.3 Å². The van der Waals surface area contributed by atoms with Crippen LogP contribution in [0.4, 0.5) is 0 Å². The van der Waals surface area contributed by atoms with Gasteiger partial charge in [0, 0.05) is 26.7 Å². The zero-order valence-electron chi connectivity index (χ0n) is 13.7. The smallest absolute Gasteiger partial charge is 0.119 e. The zero-order chi connectivity index (χ0) is 15.3. The molecule has 0 fully saturated rings. The zero-order valence-corrected chi connectivity index (χ0v) is 13.7. The van der Waals surface area contributed by atoms with Gasteiger partial charge in [0.15, 0.2) is 0 Å². The highest BCUT2D eigenvalue weighted by atomic mass is 16.5. The maximum atomic E-state index is 5.72. The summed E-state index contributed by atoms with van der Waals surface area (Å²) in [6.45, 7) is 11.1. The first-order valence-electron chi connectivity index (χ1n) is 7.93. The SMILES string of the molecule is CCN(CC)CCNCCOc1ccc(CCOC)cc1. The molecule has 0 heterocycles. The molecule has 1 aromatic carbocycles. The molecular weight excluding hydrogens is 264 g/mol. The Balaban J connectivity index is 2.09. The summed E-state index contributed by atoms with van der Waals surface area (Å²) >= 11 is 0. The third kappa shape index (κ3) is 8.05. The van der Waals surface area contributed by atoms with Crippen molar-refractivity contribution in [3.05, 3.63) is 29.8 Å².